The molecule has 2 aromatic carbocycles. The van der Waals surface area contributed by atoms with E-state index in [2.05, 4.69) is 6.92 Å². The van der Waals surface area contributed by atoms with Gasteiger partial charge in [0.2, 0.25) is 0 Å². The zero-order chi connectivity index (χ0) is 20.2. The van der Waals surface area contributed by atoms with E-state index in [9.17, 15) is 13.0 Å². The van der Waals surface area contributed by atoms with E-state index in [-0.39, 0.29) is 40.2 Å². The Morgan fingerprint density at radius 1 is 0.828 bits per heavy atom. The Labute approximate surface area is 198 Å². The van der Waals surface area contributed by atoms with Crippen molar-refractivity contribution >= 4 is 10.1 Å². The Bertz CT molecular complexity index is 807. The first-order valence-corrected chi connectivity index (χ1v) is 11.7. The van der Waals surface area contributed by atoms with E-state index in [0.29, 0.717) is 5.75 Å². The van der Waals surface area contributed by atoms with E-state index in [0.717, 1.165) is 24.8 Å². The minimum absolute atomic E-state index is 0. The van der Waals surface area contributed by atoms with Crippen molar-refractivity contribution < 1.29 is 47.3 Å². The summed E-state index contributed by atoms with van der Waals surface area (Å²) in [5.74, 6) is 0.613. The van der Waals surface area contributed by atoms with Crippen molar-refractivity contribution in [3.05, 3.63) is 54.1 Å². The van der Waals surface area contributed by atoms with E-state index >= 15 is 0 Å². The van der Waals surface area contributed by atoms with Gasteiger partial charge in [-0.25, -0.2) is 8.42 Å². The van der Waals surface area contributed by atoms with Crippen LogP contribution in [0.3, 0.4) is 0 Å². The van der Waals surface area contributed by atoms with E-state index in [1.807, 2.05) is 6.07 Å². The normalized spacial score (nSPS) is 11.1. The van der Waals surface area contributed by atoms with Crippen LogP contribution in [-0.4, -0.2) is 13.0 Å². The molecule has 0 fully saturated rings. The van der Waals surface area contributed by atoms with Gasteiger partial charge in [-0.15, -0.1) is 0 Å². The summed E-state index contributed by atoms with van der Waals surface area (Å²) in [4.78, 5) is -0.313. The smallest absolute Gasteiger partial charge is 0.744 e. The van der Waals surface area contributed by atoms with E-state index in [1.54, 1.807) is 36.4 Å². The van der Waals surface area contributed by atoms with Crippen LogP contribution >= 0.6 is 0 Å². The first-order valence-electron chi connectivity index (χ1n) is 10.3. The van der Waals surface area contributed by atoms with Crippen LogP contribution in [-0.2, 0) is 16.5 Å². The van der Waals surface area contributed by atoms with Gasteiger partial charge in [0.05, 0.1) is 4.90 Å². The summed E-state index contributed by atoms with van der Waals surface area (Å²) in [5.41, 5.74) is 0.987. The largest absolute Gasteiger partial charge is 1.00 e. The minimum atomic E-state index is -4.59. The fourth-order valence-electron chi connectivity index (χ4n) is 3.25. The summed E-state index contributed by atoms with van der Waals surface area (Å²) in [5, 5.41) is 0. The monoisotopic (exact) mass is 426 g/mol. The Morgan fingerprint density at radius 2 is 1.41 bits per heavy atom. The quantitative estimate of drug-likeness (QED) is 0.279. The molecule has 0 heterocycles. The third-order valence-electron chi connectivity index (χ3n) is 4.82. The summed E-state index contributed by atoms with van der Waals surface area (Å²) >= 11 is 0. The number of rotatable bonds is 13. The van der Waals surface area contributed by atoms with Crippen LogP contribution in [0.5, 0.6) is 11.5 Å². The molecular weight excluding hydrogens is 395 g/mol. The second kappa shape index (κ2) is 14.2. The molecule has 0 aromatic heterocycles. The van der Waals surface area contributed by atoms with Crippen molar-refractivity contribution in [1.29, 1.82) is 0 Å². The van der Waals surface area contributed by atoms with Gasteiger partial charge in [0, 0.05) is 0 Å². The van der Waals surface area contributed by atoms with Crippen molar-refractivity contribution in [2.45, 2.75) is 76.0 Å². The number of hydrogen-bond acceptors (Lipinski definition) is 4. The Kier molecular flexibility index (Phi) is 12.8. The summed E-state index contributed by atoms with van der Waals surface area (Å²) in [6, 6.07) is 13.7. The molecule has 0 aliphatic heterocycles. The number of para-hydroxylation sites is 1. The molecule has 0 bridgehead atoms. The van der Waals surface area contributed by atoms with Crippen molar-refractivity contribution in [3.63, 3.8) is 0 Å². The molecule has 0 unspecified atom stereocenters. The number of ether oxygens (including phenoxy) is 1. The van der Waals surface area contributed by atoms with Crippen molar-refractivity contribution in [3.8, 4) is 11.5 Å². The number of benzene rings is 2. The maximum absolute atomic E-state index is 11.5. The molecule has 4 nitrogen and oxygen atoms in total. The number of unbranched alkanes of at least 4 members (excludes halogenated alkanes) is 8. The van der Waals surface area contributed by atoms with Gasteiger partial charge in [-0.05, 0) is 42.7 Å². The van der Waals surface area contributed by atoms with Crippen molar-refractivity contribution in [1.82, 2.24) is 0 Å². The molecule has 0 saturated heterocycles. The fraction of sp³-hybridized carbons (Fsp3) is 0.478. The topological polar surface area (TPSA) is 66.4 Å². The molecule has 0 aliphatic carbocycles. The van der Waals surface area contributed by atoms with Crippen molar-refractivity contribution in [2.24, 2.45) is 0 Å². The molecule has 6 heteroatoms. The fourth-order valence-corrected chi connectivity index (χ4v) is 3.83. The van der Waals surface area contributed by atoms with Gasteiger partial charge in [0.1, 0.15) is 21.6 Å². The maximum atomic E-state index is 11.5. The maximum Gasteiger partial charge on any atom is 1.00 e. The van der Waals surface area contributed by atoms with Gasteiger partial charge < -0.3 is 9.29 Å². The molecule has 0 spiro atoms. The molecule has 0 aliphatic rings. The zero-order valence-corrected chi connectivity index (χ0v) is 20.5. The Hall–Kier alpha value is -0.850. The third kappa shape index (κ3) is 10.1. The van der Waals surface area contributed by atoms with Crippen LogP contribution in [0, 0.1) is 0 Å². The minimum Gasteiger partial charge on any atom is -0.744 e. The Balaban J connectivity index is 0.00000420. The average molecular weight is 427 g/mol. The van der Waals surface area contributed by atoms with Crippen LogP contribution in [0.1, 0.15) is 70.3 Å². The molecule has 0 radical (unpaired) electrons. The number of hydrogen-bond donors (Lipinski definition) is 0. The predicted octanol–water partition coefficient (Wildman–Crippen LogP) is 3.46. The van der Waals surface area contributed by atoms with Gasteiger partial charge in [0.15, 0.2) is 0 Å². The van der Waals surface area contributed by atoms with Gasteiger partial charge in [-0.3, -0.25) is 0 Å². The molecule has 2 aromatic rings. The molecule has 29 heavy (non-hydrogen) atoms. The second-order valence-electron chi connectivity index (χ2n) is 7.23. The summed E-state index contributed by atoms with van der Waals surface area (Å²) in [6.07, 6.45) is 12.2. The van der Waals surface area contributed by atoms with E-state index < -0.39 is 10.1 Å². The molecule has 0 saturated carbocycles. The molecule has 0 atom stereocenters. The standard InChI is InChI=1S/C23H32O4S.Na/c1-2-3-4-5-6-7-8-9-11-14-20-17-18-23(28(24,25)26)22(19-20)27-21-15-12-10-13-16-21;/h10,12-13,15-19H,2-9,11,14H2,1H3,(H,24,25,26);/q;+1/p-1. The summed E-state index contributed by atoms with van der Waals surface area (Å²) in [7, 11) is -4.59. The van der Waals surface area contributed by atoms with Gasteiger partial charge in [-0.1, -0.05) is 82.6 Å². The molecule has 154 valence electrons. The molecule has 2 rings (SSSR count). The van der Waals surface area contributed by atoms with Gasteiger partial charge >= 0.3 is 29.6 Å². The van der Waals surface area contributed by atoms with Crippen LogP contribution in [0.4, 0.5) is 0 Å². The van der Waals surface area contributed by atoms with E-state index in [1.165, 1.54) is 51.0 Å². The van der Waals surface area contributed by atoms with Gasteiger partial charge in [-0.2, -0.15) is 0 Å². The van der Waals surface area contributed by atoms with E-state index in [4.69, 9.17) is 4.74 Å². The van der Waals surface area contributed by atoms with Gasteiger partial charge in [0.25, 0.3) is 0 Å². The SMILES string of the molecule is CCCCCCCCCCCc1ccc(S(=O)(=O)[O-])c(Oc2ccccc2)c1.[Na+]. The average Bonchev–Trinajstić information content (AvgIpc) is 2.67. The number of aryl methyl sites for hydroxylation is 1. The first kappa shape index (κ1) is 26.2. The summed E-state index contributed by atoms with van der Waals surface area (Å²) in [6.45, 7) is 2.23. The first-order chi connectivity index (χ1) is 13.5. The molecule has 0 N–H and O–H groups in total. The summed E-state index contributed by atoms with van der Waals surface area (Å²) < 4.78 is 40.3. The van der Waals surface area contributed by atoms with Crippen LogP contribution in [0.15, 0.2) is 53.4 Å². The predicted molar refractivity (Wildman–Crippen MR) is 112 cm³/mol. The zero-order valence-electron chi connectivity index (χ0n) is 17.7. The van der Waals surface area contributed by atoms with Crippen LogP contribution in [0.25, 0.3) is 0 Å². The second-order valence-corrected chi connectivity index (χ2v) is 8.58. The van der Waals surface area contributed by atoms with Crippen LogP contribution in [0.2, 0.25) is 0 Å². The Morgan fingerprint density at radius 3 is 2.00 bits per heavy atom. The van der Waals surface area contributed by atoms with Crippen LogP contribution < -0.4 is 34.3 Å². The third-order valence-corrected chi connectivity index (χ3v) is 5.69. The molecule has 0 amide bonds. The van der Waals surface area contributed by atoms with Crippen molar-refractivity contribution in [2.75, 3.05) is 0 Å². The molecular formula is C23H31NaO4S.